The molecule has 0 aliphatic carbocycles. The number of rotatable bonds is 2. The van der Waals surface area contributed by atoms with E-state index in [0.29, 0.717) is 5.56 Å². The summed E-state index contributed by atoms with van der Waals surface area (Å²) >= 11 is 11.1. The summed E-state index contributed by atoms with van der Waals surface area (Å²) in [4.78, 5) is 2.58. The first-order valence-corrected chi connectivity index (χ1v) is 3.68. The number of nitrogens with zero attached hydrogens (tertiary/aromatic N) is 5. The molecule has 0 saturated heterocycles. The van der Waals surface area contributed by atoms with Crippen LogP contribution >= 0.6 is 23.2 Å². The predicted molar refractivity (Wildman–Crippen MR) is 44.9 cm³/mol. The molecule has 0 fully saturated rings. The van der Waals surface area contributed by atoms with Crippen LogP contribution in [0.1, 0.15) is 5.56 Å². The number of halogens is 2. The quantitative estimate of drug-likeness (QED) is 0.421. The van der Waals surface area contributed by atoms with Gasteiger partial charge < -0.3 is 0 Å². The van der Waals surface area contributed by atoms with Gasteiger partial charge in [0, 0.05) is 10.5 Å². The molecule has 12 heavy (non-hydrogen) atoms. The number of hydrogen-bond acceptors (Lipinski definition) is 3. The van der Waals surface area contributed by atoms with Gasteiger partial charge in [0.15, 0.2) is 10.3 Å². The van der Waals surface area contributed by atoms with E-state index >= 15 is 0 Å². The third-order valence-corrected chi connectivity index (χ3v) is 1.60. The molecule has 0 atom stereocenters. The Morgan fingerprint density at radius 2 is 2.25 bits per heavy atom. The topological polar surface area (TPSA) is 74.5 Å². The van der Waals surface area contributed by atoms with Crippen LogP contribution < -0.4 is 0 Å². The van der Waals surface area contributed by atoms with E-state index in [1.165, 1.54) is 6.07 Å². The fourth-order valence-electron chi connectivity index (χ4n) is 0.607. The molecule has 0 saturated carbocycles. The lowest BCUT2D eigenvalue weighted by Crippen LogP contribution is -1.90. The van der Waals surface area contributed by atoms with Crippen LogP contribution in [0.3, 0.4) is 0 Å². The molecule has 62 valence electrons. The van der Waals surface area contributed by atoms with Crippen molar-refractivity contribution >= 4 is 23.2 Å². The van der Waals surface area contributed by atoms with Gasteiger partial charge in [0.2, 0.25) is 0 Å². The van der Waals surface area contributed by atoms with Crippen LogP contribution in [0, 0.1) is 0 Å². The third kappa shape index (κ3) is 2.23. The van der Waals surface area contributed by atoms with Gasteiger partial charge in [-0.05, 0) is 11.6 Å². The zero-order valence-corrected chi connectivity index (χ0v) is 7.29. The molecule has 1 rings (SSSR count). The van der Waals surface area contributed by atoms with Crippen molar-refractivity contribution in [1.82, 2.24) is 10.2 Å². The Bertz CT molecular complexity index is 333. The Hall–Kier alpha value is -1.03. The van der Waals surface area contributed by atoms with Crippen LogP contribution in [-0.4, -0.2) is 10.2 Å². The molecule has 0 radical (unpaired) electrons. The summed E-state index contributed by atoms with van der Waals surface area (Å²) in [5.41, 5.74) is 8.60. The SMILES string of the molecule is [N-]=[N+]=NCc1cc(Cl)nnc1Cl. The van der Waals surface area contributed by atoms with E-state index in [0.717, 1.165) is 0 Å². The van der Waals surface area contributed by atoms with E-state index in [2.05, 4.69) is 20.2 Å². The molecule has 1 heterocycles. The highest BCUT2D eigenvalue weighted by molar-refractivity contribution is 6.31. The van der Waals surface area contributed by atoms with E-state index in [9.17, 15) is 0 Å². The third-order valence-electron chi connectivity index (χ3n) is 1.10. The summed E-state index contributed by atoms with van der Waals surface area (Å²) in [5, 5.41) is 10.8. The van der Waals surface area contributed by atoms with Gasteiger partial charge >= 0.3 is 0 Å². The summed E-state index contributed by atoms with van der Waals surface area (Å²) in [6, 6.07) is 1.51. The van der Waals surface area contributed by atoms with Crippen LogP contribution in [0.2, 0.25) is 10.3 Å². The van der Waals surface area contributed by atoms with Gasteiger partial charge in [-0.1, -0.05) is 28.3 Å². The van der Waals surface area contributed by atoms with Gasteiger partial charge in [0.1, 0.15) is 0 Å². The molecule has 5 nitrogen and oxygen atoms in total. The molecule has 7 heteroatoms. The van der Waals surface area contributed by atoms with E-state index in [1.807, 2.05) is 0 Å². The minimum Gasteiger partial charge on any atom is -0.137 e. The Morgan fingerprint density at radius 3 is 2.92 bits per heavy atom. The summed E-state index contributed by atoms with van der Waals surface area (Å²) in [6.07, 6.45) is 0. The maximum atomic E-state index is 8.03. The minimum atomic E-state index is 0.130. The number of azide groups is 1. The molecule has 0 aliphatic rings. The van der Waals surface area contributed by atoms with Crippen molar-refractivity contribution < 1.29 is 0 Å². The van der Waals surface area contributed by atoms with Crippen molar-refractivity contribution in [2.24, 2.45) is 5.11 Å². The van der Waals surface area contributed by atoms with Crippen molar-refractivity contribution in [3.63, 3.8) is 0 Å². The number of aromatic nitrogens is 2. The van der Waals surface area contributed by atoms with Crippen molar-refractivity contribution in [3.8, 4) is 0 Å². The molecule has 0 aliphatic heterocycles. The molecular formula is C5H3Cl2N5. The Balaban J connectivity index is 2.96. The second-order valence-electron chi connectivity index (χ2n) is 1.87. The maximum Gasteiger partial charge on any atom is 0.155 e. The molecule has 0 amide bonds. The van der Waals surface area contributed by atoms with E-state index in [1.54, 1.807) is 0 Å². The van der Waals surface area contributed by atoms with Crippen LogP contribution in [0.5, 0.6) is 0 Å². The lowest BCUT2D eigenvalue weighted by molar-refractivity contribution is 0.960. The van der Waals surface area contributed by atoms with Crippen molar-refractivity contribution in [1.29, 1.82) is 0 Å². The lowest BCUT2D eigenvalue weighted by atomic mass is 10.3. The monoisotopic (exact) mass is 203 g/mol. The second kappa shape index (κ2) is 4.11. The Labute approximate surface area is 77.9 Å². The molecule has 1 aromatic heterocycles. The number of hydrogen-bond donors (Lipinski definition) is 0. The first-order valence-electron chi connectivity index (χ1n) is 2.92. The molecule has 1 aromatic rings. The van der Waals surface area contributed by atoms with Crippen LogP contribution in [0.25, 0.3) is 10.4 Å². The lowest BCUT2D eigenvalue weighted by Gasteiger charge is -1.96. The van der Waals surface area contributed by atoms with Crippen LogP contribution in [0.4, 0.5) is 0 Å². The standard InChI is InChI=1S/C5H3Cl2N5/c6-4-1-3(2-9-12-8)5(7)11-10-4/h1H,2H2. The second-order valence-corrected chi connectivity index (χ2v) is 2.62. The minimum absolute atomic E-state index is 0.130. The van der Waals surface area contributed by atoms with Gasteiger partial charge in [-0.2, -0.15) is 0 Å². The fraction of sp³-hybridized carbons (Fsp3) is 0.200. The molecule has 0 N–H and O–H groups in total. The zero-order chi connectivity index (χ0) is 8.97. The first kappa shape index (κ1) is 9.06. The smallest absolute Gasteiger partial charge is 0.137 e. The fourth-order valence-corrected chi connectivity index (χ4v) is 0.928. The van der Waals surface area contributed by atoms with Gasteiger partial charge in [-0.25, -0.2) is 0 Å². The van der Waals surface area contributed by atoms with Crippen molar-refractivity contribution in [2.45, 2.75) is 6.54 Å². The average Bonchev–Trinajstić information content (AvgIpc) is 2.07. The van der Waals surface area contributed by atoms with Gasteiger partial charge in [-0.3, -0.25) is 0 Å². The zero-order valence-electron chi connectivity index (χ0n) is 5.78. The van der Waals surface area contributed by atoms with Crippen molar-refractivity contribution in [3.05, 3.63) is 32.4 Å². The van der Waals surface area contributed by atoms with E-state index in [4.69, 9.17) is 28.7 Å². The van der Waals surface area contributed by atoms with E-state index < -0.39 is 0 Å². The predicted octanol–water partition coefficient (Wildman–Crippen LogP) is 2.59. The van der Waals surface area contributed by atoms with E-state index in [-0.39, 0.29) is 16.9 Å². The summed E-state index contributed by atoms with van der Waals surface area (Å²) in [7, 11) is 0. The van der Waals surface area contributed by atoms with Gasteiger partial charge in [0.05, 0.1) is 6.54 Å². The molecule has 0 bridgehead atoms. The summed E-state index contributed by atoms with van der Waals surface area (Å²) < 4.78 is 0. The highest BCUT2D eigenvalue weighted by Gasteiger charge is 2.01. The Kier molecular flexibility index (Phi) is 3.10. The van der Waals surface area contributed by atoms with Crippen molar-refractivity contribution in [2.75, 3.05) is 0 Å². The molecule has 0 spiro atoms. The largest absolute Gasteiger partial charge is 0.155 e. The maximum absolute atomic E-state index is 8.03. The van der Waals surface area contributed by atoms with Gasteiger partial charge in [0.25, 0.3) is 0 Å². The summed E-state index contributed by atoms with van der Waals surface area (Å²) in [6.45, 7) is 0.130. The highest BCUT2D eigenvalue weighted by Crippen LogP contribution is 2.15. The first-order chi connectivity index (χ1) is 5.74. The highest BCUT2D eigenvalue weighted by atomic mass is 35.5. The molecule has 0 aromatic carbocycles. The molecular weight excluding hydrogens is 201 g/mol. The average molecular weight is 204 g/mol. The normalized spacial score (nSPS) is 9.17. The van der Waals surface area contributed by atoms with Gasteiger partial charge in [-0.15, -0.1) is 10.2 Å². The molecule has 0 unspecified atom stereocenters. The van der Waals surface area contributed by atoms with Crippen LogP contribution in [-0.2, 0) is 6.54 Å². The van der Waals surface area contributed by atoms with Crippen LogP contribution in [0.15, 0.2) is 11.2 Å². The summed E-state index contributed by atoms with van der Waals surface area (Å²) in [5.74, 6) is 0. The Morgan fingerprint density at radius 1 is 1.50 bits per heavy atom.